The van der Waals surface area contributed by atoms with E-state index in [1.165, 1.54) is 0 Å². The van der Waals surface area contributed by atoms with E-state index < -0.39 is 0 Å². The number of hydrogen-bond acceptors (Lipinski definition) is 0. The SMILES string of the molecule is [Li].[Na].[Na].[Na]. The van der Waals surface area contributed by atoms with Gasteiger partial charge in [-0.25, -0.2) is 0 Å². The van der Waals surface area contributed by atoms with Crippen LogP contribution in [-0.4, -0.2) is 108 Å². The molecular weight excluding hydrogens is 75.9 g/mol. The van der Waals surface area contributed by atoms with Crippen LogP contribution in [0.4, 0.5) is 0 Å². The first-order valence-corrected chi connectivity index (χ1v) is 0. The second kappa shape index (κ2) is 16.0. The summed E-state index contributed by atoms with van der Waals surface area (Å²) in [4.78, 5) is 0. The predicted octanol–water partition coefficient (Wildman–Crippen LogP) is -1.52. The standard InChI is InChI=1S/Li.3Na. The fourth-order valence-corrected chi connectivity index (χ4v) is 0. The average molecular weight is 75.9 g/mol. The Kier molecular flexibility index (Phi) is 102. The predicted molar refractivity (Wildman–Crippen MR) is 23.0 cm³/mol. The van der Waals surface area contributed by atoms with E-state index >= 15 is 0 Å². The van der Waals surface area contributed by atoms with Gasteiger partial charge < -0.3 is 0 Å². The van der Waals surface area contributed by atoms with Crippen molar-refractivity contribution in [3.63, 3.8) is 0 Å². The van der Waals surface area contributed by atoms with E-state index in [2.05, 4.69) is 0 Å². The second-order valence-electron chi connectivity index (χ2n) is 0. The molecule has 0 spiro atoms. The van der Waals surface area contributed by atoms with Crippen LogP contribution in [-0.2, 0) is 0 Å². The van der Waals surface area contributed by atoms with Gasteiger partial charge in [0.15, 0.2) is 0 Å². The van der Waals surface area contributed by atoms with Crippen molar-refractivity contribution < 1.29 is 0 Å². The monoisotopic (exact) mass is 76.0 g/mol. The Morgan fingerprint density at radius 1 is 0.500 bits per heavy atom. The molecule has 0 heterocycles. The summed E-state index contributed by atoms with van der Waals surface area (Å²) < 4.78 is 0. The van der Waals surface area contributed by atoms with E-state index in [-0.39, 0.29) is 108 Å². The van der Waals surface area contributed by atoms with E-state index in [1.54, 1.807) is 0 Å². The fraction of sp³-hybridized carbons (Fsp3) is 0. The third-order valence-corrected chi connectivity index (χ3v) is 0. The molecule has 4 valence electrons. The normalized spacial score (nSPS) is 0. The van der Waals surface area contributed by atoms with Gasteiger partial charge in [-0.3, -0.25) is 0 Å². The quantitative estimate of drug-likeness (QED) is 0.307. The molecule has 0 atom stereocenters. The molecule has 0 saturated carbocycles. The first-order chi connectivity index (χ1) is 0. The maximum absolute atomic E-state index is 0. The number of hydrogen-bond donors (Lipinski definition) is 0. The van der Waals surface area contributed by atoms with Crippen LogP contribution in [0.5, 0.6) is 0 Å². The van der Waals surface area contributed by atoms with Crippen LogP contribution in [0.1, 0.15) is 0 Å². The van der Waals surface area contributed by atoms with E-state index in [9.17, 15) is 0 Å². The molecule has 0 bridgehead atoms. The summed E-state index contributed by atoms with van der Waals surface area (Å²) >= 11 is 0. The average Bonchev–Trinajstić information content (AvgIpc) is 0. The van der Waals surface area contributed by atoms with Gasteiger partial charge in [-0.05, 0) is 0 Å². The smallest absolute Gasteiger partial charge is 0 e. The Hall–Kier alpha value is 3.60. The molecule has 4 radical (unpaired) electrons. The summed E-state index contributed by atoms with van der Waals surface area (Å²) in [6.07, 6.45) is 0. The molecule has 0 aliphatic heterocycles. The van der Waals surface area contributed by atoms with Gasteiger partial charge in [0.1, 0.15) is 0 Å². The Morgan fingerprint density at radius 2 is 0.500 bits per heavy atom. The summed E-state index contributed by atoms with van der Waals surface area (Å²) in [6.45, 7) is 0. The maximum Gasteiger partial charge on any atom is 0 e. The molecule has 0 N–H and O–H groups in total. The molecule has 0 fully saturated rings. The molecule has 0 unspecified atom stereocenters. The molecule has 4 heteroatoms. The van der Waals surface area contributed by atoms with Crippen LogP contribution in [0.2, 0.25) is 0 Å². The fourth-order valence-electron chi connectivity index (χ4n) is 0. The van der Waals surface area contributed by atoms with Gasteiger partial charge >= 0.3 is 0 Å². The van der Waals surface area contributed by atoms with Crippen LogP contribution in [0.25, 0.3) is 0 Å². The summed E-state index contributed by atoms with van der Waals surface area (Å²) in [6, 6.07) is 0. The minimum absolute atomic E-state index is 0. The van der Waals surface area contributed by atoms with Gasteiger partial charge in [-0.2, -0.15) is 0 Å². The Bertz CT molecular complexity index is 3.25. The van der Waals surface area contributed by atoms with Gasteiger partial charge in [0, 0.05) is 108 Å². The zero-order valence-electron chi connectivity index (χ0n) is 4.00. The third-order valence-electron chi connectivity index (χ3n) is 0. The third kappa shape index (κ3) is 9.14. The van der Waals surface area contributed by atoms with Crippen molar-refractivity contribution in [1.29, 1.82) is 0 Å². The van der Waals surface area contributed by atoms with Gasteiger partial charge in [0.2, 0.25) is 0 Å². The zero-order valence-corrected chi connectivity index (χ0v) is 10.0. The molecule has 0 aromatic carbocycles. The van der Waals surface area contributed by atoms with Crippen molar-refractivity contribution in [2.75, 3.05) is 0 Å². The molecular formula is LiNa3. The van der Waals surface area contributed by atoms with Crippen molar-refractivity contribution in [3.05, 3.63) is 0 Å². The topological polar surface area (TPSA) is 0 Å². The van der Waals surface area contributed by atoms with Crippen molar-refractivity contribution in [1.82, 2.24) is 0 Å². The van der Waals surface area contributed by atoms with Crippen molar-refractivity contribution in [2.24, 2.45) is 0 Å². The Morgan fingerprint density at radius 3 is 0.500 bits per heavy atom. The minimum atomic E-state index is 0. The Balaban J connectivity index is 0. The van der Waals surface area contributed by atoms with E-state index in [1.807, 2.05) is 0 Å². The first-order valence-electron chi connectivity index (χ1n) is 0. The van der Waals surface area contributed by atoms with E-state index in [4.69, 9.17) is 0 Å². The zero-order chi connectivity index (χ0) is 0. The van der Waals surface area contributed by atoms with Crippen LogP contribution in [0.15, 0.2) is 0 Å². The van der Waals surface area contributed by atoms with Crippen LogP contribution in [0, 0.1) is 0 Å². The minimum Gasteiger partial charge on any atom is 0 e. The molecule has 4 heavy (non-hydrogen) atoms. The van der Waals surface area contributed by atoms with E-state index in [0.717, 1.165) is 0 Å². The van der Waals surface area contributed by atoms with E-state index in [0.29, 0.717) is 0 Å². The van der Waals surface area contributed by atoms with Gasteiger partial charge in [0.25, 0.3) is 0 Å². The summed E-state index contributed by atoms with van der Waals surface area (Å²) in [5.41, 5.74) is 0. The molecule has 0 aromatic rings. The summed E-state index contributed by atoms with van der Waals surface area (Å²) in [5, 5.41) is 0. The van der Waals surface area contributed by atoms with Crippen molar-refractivity contribution in [2.45, 2.75) is 0 Å². The summed E-state index contributed by atoms with van der Waals surface area (Å²) in [7, 11) is 0. The molecule has 0 aliphatic rings. The molecule has 0 amide bonds. The van der Waals surface area contributed by atoms with Gasteiger partial charge in [0.05, 0.1) is 0 Å². The molecule has 0 rings (SSSR count). The second-order valence-corrected chi connectivity index (χ2v) is 0. The molecule has 0 nitrogen and oxygen atoms in total. The molecule has 0 aromatic heterocycles. The molecule has 0 saturated heterocycles. The van der Waals surface area contributed by atoms with Crippen molar-refractivity contribution >= 4 is 108 Å². The maximum atomic E-state index is 0. The van der Waals surface area contributed by atoms with Crippen molar-refractivity contribution in [3.8, 4) is 0 Å². The summed E-state index contributed by atoms with van der Waals surface area (Å²) in [5.74, 6) is 0. The van der Waals surface area contributed by atoms with Gasteiger partial charge in [-0.15, -0.1) is 0 Å². The largest absolute Gasteiger partial charge is 0 e. The van der Waals surface area contributed by atoms with Crippen LogP contribution >= 0.6 is 0 Å². The van der Waals surface area contributed by atoms with Crippen LogP contribution in [0.3, 0.4) is 0 Å². The molecule has 0 aliphatic carbocycles. The Labute approximate surface area is 105 Å². The van der Waals surface area contributed by atoms with Crippen LogP contribution < -0.4 is 0 Å². The first kappa shape index (κ1) is 25.6. The van der Waals surface area contributed by atoms with Gasteiger partial charge in [-0.1, -0.05) is 0 Å². The number of rotatable bonds is 0.